The highest BCUT2D eigenvalue weighted by atomic mass is 32.2. The van der Waals surface area contributed by atoms with Crippen molar-refractivity contribution >= 4 is 16.1 Å². The molecule has 0 aromatic heterocycles. The van der Waals surface area contributed by atoms with Gasteiger partial charge in [-0.05, 0) is 38.1 Å². The summed E-state index contributed by atoms with van der Waals surface area (Å²) in [7, 11) is 1.16. The van der Waals surface area contributed by atoms with Crippen molar-refractivity contribution in [1.82, 2.24) is 14.1 Å². The monoisotopic (exact) mass is 341 g/mol. The summed E-state index contributed by atoms with van der Waals surface area (Å²) in [5.41, 5.74) is 0. The van der Waals surface area contributed by atoms with Gasteiger partial charge < -0.3 is 14.5 Å². The van der Waals surface area contributed by atoms with Crippen LogP contribution in [0.3, 0.4) is 0 Å². The van der Waals surface area contributed by atoms with Gasteiger partial charge in [-0.1, -0.05) is 0 Å². The predicted octanol–water partition coefficient (Wildman–Crippen LogP) is 1.42. The molecule has 128 valence electrons. The van der Waals surface area contributed by atoms with E-state index in [-0.39, 0.29) is 23.5 Å². The van der Waals surface area contributed by atoms with Crippen LogP contribution in [-0.4, -0.2) is 68.5 Å². The number of benzene rings is 1. The third-order valence-electron chi connectivity index (χ3n) is 4.01. The smallest absolute Gasteiger partial charge is 0.321 e. The van der Waals surface area contributed by atoms with Crippen molar-refractivity contribution < 1.29 is 17.9 Å². The lowest BCUT2D eigenvalue weighted by molar-refractivity contribution is 0.144. The molecule has 0 N–H and O–H groups in total. The van der Waals surface area contributed by atoms with E-state index in [1.54, 1.807) is 38.1 Å². The van der Waals surface area contributed by atoms with E-state index in [9.17, 15) is 13.2 Å². The number of hydrogen-bond donors (Lipinski definition) is 0. The first-order valence-corrected chi connectivity index (χ1v) is 8.79. The van der Waals surface area contributed by atoms with Gasteiger partial charge in [-0.2, -0.15) is 4.31 Å². The van der Waals surface area contributed by atoms with E-state index >= 15 is 0 Å². The van der Waals surface area contributed by atoms with Crippen LogP contribution >= 0.6 is 0 Å². The summed E-state index contributed by atoms with van der Waals surface area (Å²) in [6.07, 6.45) is -0.535. The first-order valence-electron chi connectivity index (χ1n) is 7.35. The van der Waals surface area contributed by atoms with Crippen molar-refractivity contribution in [3.05, 3.63) is 24.3 Å². The SMILES string of the molecule is COc1ccc(S(=O)(=O)N2C[C@@H](C)N(C(=O)N(C)C)[C@H]2C)cc1. The van der Waals surface area contributed by atoms with E-state index in [0.29, 0.717) is 5.75 Å². The Morgan fingerprint density at radius 1 is 1.22 bits per heavy atom. The van der Waals surface area contributed by atoms with Gasteiger partial charge in [-0.25, -0.2) is 13.2 Å². The molecule has 0 radical (unpaired) electrons. The summed E-state index contributed by atoms with van der Waals surface area (Å²) in [6.45, 7) is 3.85. The highest BCUT2D eigenvalue weighted by molar-refractivity contribution is 7.89. The lowest BCUT2D eigenvalue weighted by atomic mass is 10.3. The van der Waals surface area contributed by atoms with E-state index in [1.165, 1.54) is 28.4 Å². The molecule has 8 heteroatoms. The normalized spacial score (nSPS) is 22.2. The van der Waals surface area contributed by atoms with E-state index in [2.05, 4.69) is 0 Å². The summed E-state index contributed by atoms with van der Waals surface area (Å²) in [5, 5.41) is 0. The first-order chi connectivity index (χ1) is 10.7. The third kappa shape index (κ3) is 3.13. The molecule has 23 heavy (non-hydrogen) atoms. The molecule has 0 aliphatic carbocycles. The molecule has 7 nitrogen and oxygen atoms in total. The third-order valence-corrected chi connectivity index (χ3v) is 5.95. The van der Waals surface area contributed by atoms with Crippen LogP contribution in [0.2, 0.25) is 0 Å². The molecule has 1 heterocycles. The molecule has 2 atom stereocenters. The van der Waals surface area contributed by atoms with Gasteiger partial charge in [0.2, 0.25) is 10.0 Å². The molecular formula is C15H23N3O4S. The fourth-order valence-electron chi connectivity index (χ4n) is 2.77. The van der Waals surface area contributed by atoms with Gasteiger partial charge in [0.1, 0.15) is 5.75 Å². The molecule has 1 saturated heterocycles. The molecule has 1 aromatic carbocycles. The van der Waals surface area contributed by atoms with Crippen molar-refractivity contribution in [3.8, 4) is 5.75 Å². The minimum Gasteiger partial charge on any atom is -0.497 e. The van der Waals surface area contributed by atoms with E-state index in [0.717, 1.165) is 0 Å². The average Bonchev–Trinajstić information content (AvgIpc) is 2.82. The Kier molecular flexibility index (Phi) is 4.86. The van der Waals surface area contributed by atoms with E-state index in [4.69, 9.17) is 4.74 Å². The molecule has 1 fully saturated rings. The van der Waals surface area contributed by atoms with Crippen molar-refractivity contribution in [3.63, 3.8) is 0 Å². The number of carbonyl (C=O) groups excluding carboxylic acids is 1. The van der Waals surface area contributed by atoms with Crippen molar-refractivity contribution in [2.45, 2.75) is 31.0 Å². The molecular weight excluding hydrogens is 318 g/mol. The van der Waals surface area contributed by atoms with Crippen LogP contribution in [-0.2, 0) is 10.0 Å². The van der Waals surface area contributed by atoms with Crippen molar-refractivity contribution in [1.29, 1.82) is 0 Å². The van der Waals surface area contributed by atoms with E-state index < -0.39 is 16.2 Å². The van der Waals surface area contributed by atoms with Gasteiger partial charge >= 0.3 is 6.03 Å². The number of methoxy groups -OCH3 is 1. The number of hydrogen-bond acceptors (Lipinski definition) is 4. The number of rotatable bonds is 3. The zero-order valence-corrected chi connectivity index (χ0v) is 14.9. The van der Waals surface area contributed by atoms with Crippen LogP contribution in [0.25, 0.3) is 0 Å². The zero-order chi connectivity index (χ0) is 17.4. The van der Waals surface area contributed by atoms with Gasteiger partial charge in [0.15, 0.2) is 0 Å². The number of sulfonamides is 1. The molecule has 1 aliphatic heterocycles. The quantitative estimate of drug-likeness (QED) is 0.834. The van der Waals surface area contributed by atoms with Crippen LogP contribution < -0.4 is 4.74 Å². The topological polar surface area (TPSA) is 70.2 Å². The molecule has 2 amide bonds. The molecule has 0 spiro atoms. The molecule has 0 unspecified atom stereocenters. The summed E-state index contributed by atoms with van der Waals surface area (Å²) < 4.78 is 32.1. The Balaban J connectivity index is 2.31. The van der Waals surface area contributed by atoms with Crippen LogP contribution in [0.15, 0.2) is 29.2 Å². The van der Waals surface area contributed by atoms with E-state index in [1.807, 2.05) is 6.92 Å². The second-order valence-electron chi connectivity index (χ2n) is 5.82. The van der Waals surface area contributed by atoms with Crippen LogP contribution in [0, 0.1) is 0 Å². The Labute approximate surface area is 137 Å². The second kappa shape index (κ2) is 6.37. The Hall–Kier alpha value is -1.80. The summed E-state index contributed by atoms with van der Waals surface area (Å²) in [4.78, 5) is 15.5. The summed E-state index contributed by atoms with van der Waals surface area (Å²) in [6, 6.07) is 5.87. The largest absolute Gasteiger partial charge is 0.497 e. The number of ether oxygens (including phenoxy) is 1. The van der Waals surface area contributed by atoms with Gasteiger partial charge in [0.05, 0.1) is 18.2 Å². The second-order valence-corrected chi connectivity index (χ2v) is 7.71. The lowest BCUT2D eigenvalue weighted by Gasteiger charge is -2.30. The fraction of sp³-hybridized carbons (Fsp3) is 0.533. The standard InChI is InChI=1S/C15H23N3O4S/c1-11-10-17(12(2)18(11)15(19)16(3)4)23(20,21)14-8-6-13(22-5)7-9-14/h6-9,11-12H,10H2,1-5H3/t11-,12+/m1/s1. The highest BCUT2D eigenvalue weighted by Gasteiger charge is 2.44. The lowest BCUT2D eigenvalue weighted by Crippen LogP contribution is -2.47. The summed E-state index contributed by atoms with van der Waals surface area (Å²) in [5.74, 6) is 0.594. The van der Waals surface area contributed by atoms with Gasteiger partial charge in [-0.3, -0.25) is 0 Å². The Morgan fingerprint density at radius 3 is 2.26 bits per heavy atom. The number of carbonyl (C=O) groups is 1. The Bertz CT molecular complexity index is 672. The molecule has 2 rings (SSSR count). The fourth-order valence-corrected chi connectivity index (χ4v) is 4.44. The molecule has 1 aliphatic rings. The first kappa shape index (κ1) is 17.6. The number of urea groups is 1. The maximum Gasteiger partial charge on any atom is 0.321 e. The van der Waals surface area contributed by atoms with Gasteiger partial charge in [0, 0.05) is 26.7 Å². The number of amides is 2. The Morgan fingerprint density at radius 2 is 1.78 bits per heavy atom. The van der Waals surface area contributed by atoms with Crippen LogP contribution in [0.4, 0.5) is 4.79 Å². The van der Waals surface area contributed by atoms with Crippen molar-refractivity contribution in [2.75, 3.05) is 27.7 Å². The predicted molar refractivity (Wildman–Crippen MR) is 86.7 cm³/mol. The molecule has 1 aromatic rings. The minimum absolute atomic E-state index is 0.187. The van der Waals surface area contributed by atoms with Crippen LogP contribution in [0.1, 0.15) is 13.8 Å². The molecule has 0 bridgehead atoms. The highest BCUT2D eigenvalue weighted by Crippen LogP contribution is 2.29. The maximum absolute atomic E-state index is 12.9. The minimum atomic E-state index is -3.67. The number of nitrogens with zero attached hydrogens (tertiary/aromatic N) is 3. The van der Waals surface area contributed by atoms with Crippen molar-refractivity contribution in [2.24, 2.45) is 0 Å². The van der Waals surface area contributed by atoms with Gasteiger partial charge in [0.25, 0.3) is 0 Å². The average molecular weight is 341 g/mol. The zero-order valence-electron chi connectivity index (χ0n) is 14.1. The van der Waals surface area contributed by atoms with Crippen LogP contribution in [0.5, 0.6) is 5.75 Å². The molecule has 0 saturated carbocycles. The van der Waals surface area contributed by atoms with Gasteiger partial charge in [-0.15, -0.1) is 0 Å². The summed E-state index contributed by atoms with van der Waals surface area (Å²) >= 11 is 0. The maximum atomic E-state index is 12.9.